The van der Waals surface area contributed by atoms with Crippen molar-refractivity contribution >= 4 is 0 Å². The fraction of sp³-hybridized carbons (Fsp3) is 0.907. The van der Waals surface area contributed by atoms with Gasteiger partial charge in [-0.05, 0) is 64.3 Å². The SMILES string of the molecule is CCCC/C=C\CCCCCCCCOCC(C[N+](C)(C)CCCN1CCN(CCC)CC1)OCCCCCCCC/C=C\CCCC. The highest BCUT2D eigenvalue weighted by molar-refractivity contribution is 4.81. The van der Waals surface area contributed by atoms with Gasteiger partial charge in [0.1, 0.15) is 12.6 Å². The predicted octanol–water partition coefficient (Wildman–Crippen LogP) is 10.8. The molecular formula is C43H86N3O2+. The molecule has 0 amide bonds. The number of likely N-dealkylation sites (N-methyl/N-ethyl adjacent to an activating group) is 1. The van der Waals surface area contributed by atoms with Gasteiger partial charge < -0.3 is 23.8 Å². The van der Waals surface area contributed by atoms with Gasteiger partial charge in [0.05, 0.1) is 27.2 Å². The van der Waals surface area contributed by atoms with Crippen molar-refractivity contribution in [2.24, 2.45) is 0 Å². The van der Waals surface area contributed by atoms with Crippen molar-refractivity contribution in [2.45, 2.75) is 168 Å². The van der Waals surface area contributed by atoms with Crippen LogP contribution in [-0.2, 0) is 9.47 Å². The first-order valence-electron chi connectivity index (χ1n) is 21.3. The predicted molar refractivity (Wildman–Crippen MR) is 212 cm³/mol. The number of hydrogen-bond donors (Lipinski definition) is 0. The van der Waals surface area contributed by atoms with Gasteiger partial charge >= 0.3 is 0 Å². The second-order valence-corrected chi connectivity index (χ2v) is 15.5. The van der Waals surface area contributed by atoms with Crippen LogP contribution in [0, 0.1) is 0 Å². The molecule has 5 nitrogen and oxygen atoms in total. The quantitative estimate of drug-likeness (QED) is 0.0379. The Balaban J connectivity index is 2.29. The fourth-order valence-electron chi connectivity index (χ4n) is 6.90. The summed E-state index contributed by atoms with van der Waals surface area (Å²) in [6.45, 7) is 19.0. The molecule has 1 rings (SSSR count). The highest BCUT2D eigenvalue weighted by Gasteiger charge is 2.24. The summed E-state index contributed by atoms with van der Waals surface area (Å²) in [6.07, 6.45) is 38.4. The van der Waals surface area contributed by atoms with Gasteiger partial charge in [0.2, 0.25) is 0 Å². The minimum Gasteiger partial charge on any atom is -0.379 e. The van der Waals surface area contributed by atoms with E-state index in [0.717, 1.165) is 30.8 Å². The van der Waals surface area contributed by atoms with E-state index in [-0.39, 0.29) is 6.10 Å². The third-order valence-electron chi connectivity index (χ3n) is 10.1. The van der Waals surface area contributed by atoms with E-state index in [4.69, 9.17) is 9.47 Å². The molecule has 1 unspecified atom stereocenters. The third-order valence-corrected chi connectivity index (χ3v) is 10.1. The van der Waals surface area contributed by atoms with Crippen molar-refractivity contribution in [3.8, 4) is 0 Å². The van der Waals surface area contributed by atoms with Gasteiger partial charge in [0.25, 0.3) is 0 Å². The zero-order valence-corrected chi connectivity index (χ0v) is 33.4. The summed E-state index contributed by atoms with van der Waals surface area (Å²) in [4.78, 5) is 5.31. The molecule has 48 heavy (non-hydrogen) atoms. The van der Waals surface area contributed by atoms with Crippen LogP contribution in [0.3, 0.4) is 0 Å². The average Bonchev–Trinajstić information content (AvgIpc) is 3.07. The number of piperazine rings is 1. The van der Waals surface area contributed by atoms with Crippen molar-refractivity contribution in [2.75, 3.05) is 86.3 Å². The van der Waals surface area contributed by atoms with Crippen LogP contribution in [0.5, 0.6) is 0 Å². The second-order valence-electron chi connectivity index (χ2n) is 15.5. The lowest BCUT2D eigenvalue weighted by atomic mass is 10.1. The van der Waals surface area contributed by atoms with Gasteiger partial charge in [-0.15, -0.1) is 0 Å². The molecule has 1 heterocycles. The van der Waals surface area contributed by atoms with Gasteiger partial charge in [-0.3, -0.25) is 0 Å². The van der Waals surface area contributed by atoms with E-state index in [0.29, 0.717) is 0 Å². The van der Waals surface area contributed by atoms with Gasteiger partial charge in [0.15, 0.2) is 0 Å². The first kappa shape index (κ1) is 45.3. The van der Waals surface area contributed by atoms with Crippen LogP contribution in [0.25, 0.3) is 0 Å². The lowest BCUT2D eigenvalue weighted by Gasteiger charge is -2.36. The Hall–Kier alpha value is -0.720. The second kappa shape index (κ2) is 33.4. The molecule has 0 N–H and O–H groups in total. The van der Waals surface area contributed by atoms with Crippen LogP contribution < -0.4 is 0 Å². The van der Waals surface area contributed by atoms with Crippen LogP contribution in [-0.4, -0.2) is 107 Å². The molecule has 0 saturated carbocycles. The summed E-state index contributed by atoms with van der Waals surface area (Å²) in [6, 6.07) is 0. The van der Waals surface area contributed by atoms with Gasteiger partial charge in [-0.2, -0.15) is 0 Å². The number of hydrogen-bond acceptors (Lipinski definition) is 4. The summed E-state index contributed by atoms with van der Waals surface area (Å²) in [5, 5.41) is 0. The number of ether oxygens (including phenoxy) is 2. The van der Waals surface area contributed by atoms with Crippen LogP contribution in [0.1, 0.15) is 162 Å². The van der Waals surface area contributed by atoms with Gasteiger partial charge in [-0.1, -0.05) is 122 Å². The molecule has 0 spiro atoms. The first-order valence-corrected chi connectivity index (χ1v) is 21.3. The molecule has 1 fully saturated rings. The maximum Gasteiger partial charge on any atom is 0.130 e. The molecule has 0 radical (unpaired) electrons. The molecule has 1 aliphatic heterocycles. The molecule has 0 aromatic rings. The molecular weight excluding hydrogens is 590 g/mol. The summed E-state index contributed by atoms with van der Waals surface area (Å²) in [7, 11) is 4.80. The van der Waals surface area contributed by atoms with E-state index in [1.165, 1.54) is 187 Å². The molecule has 0 aromatic carbocycles. The van der Waals surface area contributed by atoms with Gasteiger partial charge in [-0.25, -0.2) is 0 Å². The van der Waals surface area contributed by atoms with Crippen molar-refractivity contribution in [1.29, 1.82) is 0 Å². The van der Waals surface area contributed by atoms with E-state index < -0.39 is 0 Å². The number of unbranched alkanes of at least 4 members (excludes halogenated alkanes) is 16. The van der Waals surface area contributed by atoms with Crippen LogP contribution in [0.2, 0.25) is 0 Å². The monoisotopic (exact) mass is 677 g/mol. The zero-order valence-electron chi connectivity index (χ0n) is 33.4. The van der Waals surface area contributed by atoms with Gasteiger partial charge in [0, 0.05) is 52.4 Å². The van der Waals surface area contributed by atoms with Crippen LogP contribution in [0.4, 0.5) is 0 Å². The Kier molecular flexibility index (Phi) is 31.5. The van der Waals surface area contributed by atoms with Crippen molar-refractivity contribution in [3.63, 3.8) is 0 Å². The summed E-state index contributed by atoms with van der Waals surface area (Å²) >= 11 is 0. The number of quaternary nitrogens is 1. The van der Waals surface area contributed by atoms with E-state index in [9.17, 15) is 0 Å². The number of nitrogens with zero attached hydrogens (tertiary/aromatic N) is 3. The largest absolute Gasteiger partial charge is 0.379 e. The van der Waals surface area contributed by atoms with E-state index in [2.05, 4.69) is 69.0 Å². The van der Waals surface area contributed by atoms with Crippen molar-refractivity contribution in [1.82, 2.24) is 9.80 Å². The minimum atomic E-state index is 0.197. The zero-order chi connectivity index (χ0) is 34.8. The molecule has 0 bridgehead atoms. The normalized spacial score (nSPS) is 15.8. The van der Waals surface area contributed by atoms with E-state index in [1.54, 1.807) is 0 Å². The average molecular weight is 677 g/mol. The molecule has 0 aliphatic carbocycles. The lowest BCUT2D eigenvalue weighted by molar-refractivity contribution is -0.893. The Morgan fingerprint density at radius 1 is 0.521 bits per heavy atom. The molecule has 1 aliphatic rings. The molecule has 5 heteroatoms. The standard InChI is InChI=1S/C43H86N3O2/c1-6-9-11-13-15-17-19-21-23-25-27-29-39-47-42-43(48-40-30-28-26-24-22-20-18-16-14-12-10-7-2)41-46(4,5)38-31-33-45-36-34-44(32-8-3)35-37-45/h13-16,43H,6-12,17-42H2,1-5H3/q+1/b15-13-,16-14-. The topological polar surface area (TPSA) is 24.9 Å². The fourth-order valence-corrected chi connectivity index (χ4v) is 6.90. The highest BCUT2D eigenvalue weighted by Crippen LogP contribution is 2.13. The smallest absolute Gasteiger partial charge is 0.130 e. The van der Waals surface area contributed by atoms with Crippen molar-refractivity contribution < 1.29 is 14.0 Å². The maximum atomic E-state index is 6.54. The summed E-state index contributed by atoms with van der Waals surface area (Å²) in [5.41, 5.74) is 0. The highest BCUT2D eigenvalue weighted by atomic mass is 16.5. The summed E-state index contributed by atoms with van der Waals surface area (Å²) in [5.74, 6) is 0. The van der Waals surface area contributed by atoms with E-state index in [1.807, 2.05) is 0 Å². The minimum absolute atomic E-state index is 0.197. The number of rotatable bonds is 35. The maximum absolute atomic E-state index is 6.54. The summed E-state index contributed by atoms with van der Waals surface area (Å²) < 4.78 is 13.8. The molecule has 1 saturated heterocycles. The Labute approximate surface area is 301 Å². The third kappa shape index (κ3) is 29.1. The Morgan fingerprint density at radius 2 is 0.979 bits per heavy atom. The van der Waals surface area contributed by atoms with Crippen molar-refractivity contribution in [3.05, 3.63) is 24.3 Å². The van der Waals surface area contributed by atoms with Crippen LogP contribution >= 0.6 is 0 Å². The number of allylic oxidation sites excluding steroid dienone is 4. The first-order chi connectivity index (χ1) is 23.5. The Bertz CT molecular complexity index is 717. The van der Waals surface area contributed by atoms with E-state index >= 15 is 0 Å². The lowest BCUT2D eigenvalue weighted by Crippen LogP contribution is -2.50. The molecule has 284 valence electrons. The Morgan fingerprint density at radius 3 is 1.50 bits per heavy atom. The molecule has 1 atom stereocenters. The van der Waals surface area contributed by atoms with Crippen LogP contribution in [0.15, 0.2) is 24.3 Å². The molecule has 0 aromatic heterocycles.